The van der Waals surface area contributed by atoms with Crippen LogP contribution in [0.3, 0.4) is 0 Å². The van der Waals surface area contributed by atoms with Crippen LogP contribution < -0.4 is 16.0 Å². The molecule has 16 nitrogen and oxygen atoms in total. The summed E-state index contributed by atoms with van der Waals surface area (Å²) < 4.78 is 7.88. The molecule has 19 heteroatoms. The summed E-state index contributed by atoms with van der Waals surface area (Å²) >= 11 is 3.98. The summed E-state index contributed by atoms with van der Waals surface area (Å²) in [6.07, 6.45) is -1.37. The van der Waals surface area contributed by atoms with Crippen molar-refractivity contribution in [3.05, 3.63) is 202 Å². The van der Waals surface area contributed by atoms with Gasteiger partial charge in [0, 0.05) is 36.9 Å². The third-order valence-corrected chi connectivity index (χ3v) is 15.3. The van der Waals surface area contributed by atoms with Crippen molar-refractivity contribution in [2.75, 3.05) is 23.4 Å². The van der Waals surface area contributed by atoms with Crippen LogP contribution in [0.1, 0.15) is 46.0 Å². The molecule has 3 amide bonds. The summed E-state index contributed by atoms with van der Waals surface area (Å²) in [5.41, 5.74) is 4.08. The first kappa shape index (κ1) is 46.1. The zero-order valence-corrected chi connectivity index (χ0v) is 39.9. The second-order valence-corrected chi connectivity index (χ2v) is 19.3. The largest absolute Gasteiger partial charge is 0.448 e. The Morgan fingerprint density at radius 3 is 1.99 bits per heavy atom. The Bertz CT molecular complexity index is 2930. The van der Waals surface area contributed by atoms with Crippen LogP contribution in [0.25, 0.3) is 0 Å². The molecule has 0 radical (unpaired) electrons. The summed E-state index contributed by atoms with van der Waals surface area (Å²) in [6, 6.07) is 47.8. The Balaban J connectivity index is 0.953. The Kier molecular flexibility index (Phi) is 13.5. The van der Waals surface area contributed by atoms with Gasteiger partial charge in [0.1, 0.15) is 28.3 Å². The van der Waals surface area contributed by atoms with Crippen LogP contribution in [0.5, 0.6) is 0 Å². The first-order valence-electron chi connectivity index (χ1n) is 22.3. The number of β-lactam (4-membered cyclic amide) rings is 1. The number of amides is 3. The van der Waals surface area contributed by atoms with E-state index in [1.807, 2.05) is 152 Å². The van der Waals surface area contributed by atoms with Crippen molar-refractivity contribution in [2.45, 2.75) is 40.7 Å². The molecule has 7 aromatic rings. The van der Waals surface area contributed by atoms with Crippen molar-refractivity contribution in [2.24, 2.45) is 12.2 Å². The molecule has 10 rings (SSSR count). The Morgan fingerprint density at radius 2 is 1.44 bits per heavy atom. The van der Waals surface area contributed by atoms with E-state index >= 15 is 0 Å². The average molecular weight is 989 g/mol. The lowest BCUT2D eigenvalue weighted by Crippen LogP contribution is -2.71. The van der Waals surface area contributed by atoms with Gasteiger partial charge in [-0.3, -0.25) is 19.3 Å². The molecule has 5 heterocycles. The van der Waals surface area contributed by atoms with Crippen molar-refractivity contribution in [1.29, 1.82) is 0 Å². The highest BCUT2D eigenvalue weighted by atomic mass is 32.2. The van der Waals surface area contributed by atoms with Gasteiger partial charge in [0.25, 0.3) is 17.7 Å². The number of thioether (sulfide) groups is 2. The lowest BCUT2D eigenvalue weighted by atomic mass is 9.77. The van der Waals surface area contributed by atoms with Gasteiger partial charge < -0.3 is 25.5 Å². The molecule has 3 aliphatic rings. The predicted octanol–water partition coefficient (Wildman–Crippen LogP) is 6.46. The topological polar surface area (TPSA) is 195 Å². The number of thiazole rings is 1. The SMILES string of the molecule is Cn1nnnc1SCC1=C(C(=O)OC(c2ccccc2)c2ccccc2)N2C(=O)[C@@H](NC(=O)/C(=N\OC3CCNC3=O)c3csc(NC(c4ccccc4)(c4ccccc4)c4ccccc4)n3)[C@H]2SC1. The van der Waals surface area contributed by atoms with Gasteiger partial charge in [-0.1, -0.05) is 169 Å². The summed E-state index contributed by atoms with van der Waals surface area (Å²) in [7, 11) is 1.72. The number of esters is 1. The Labute approximate surface area is 414 Å². The first-order valence-corrected chi connectivity index (χ1v) is 25.3. The number of rotatable bonds is 17. The number of fused-ring (bicyclic) bond motifs is 1. The van der Waals surface area contributed by atoms with Gasteiger partial charge in [-0.2, -0.15) is 0 Å². The Morgan fingerprint density at radius 1 is 0.857 bits per heavy atom. The van der Waals surface area contributed by atoms with Crippen molar-refractivity contribution < 1.29 is 28.8 Å². The normalized spacial score (nSPS) is 17.9. The van der Waals surface area contributed by atoms with Crippen LogP contribution in [0, 0.1) is 0 Å². The van der Waals surface area contributed by atoms with Gasteiger partial charge in [-0.25, -0.2) is 14.5 Å². The molecular formula is C51H44N10O6S3. The molecular weight excluding hydrogens is 945 g/mol. The fourth-order valence-corrected chi connectivity index (χ4v) is 11.7. The van der Waals surface area contributed by atoms with E-state index in [1.165, 1.54) is 44.4 Å². The fraction of sp³-hybridized carbons (Fsp3) is 0.196. The van der Waals surface area contributed by atoms with Crippen molar-refractivity contribution >= 4 is 69.4 Å². The molecule has 352 valence electrons. The minimum atomic E-state index is -1.07. The summed E-state index contributed by atoms with van der Waals surface area (Å²) in [6.45, 7) is 0.392. The van der Waals surface area contributed by atoms with Gasteiger partial charge in [0.15, 0.2) is 16.9 Å². The van der Waals surface area contributed by atoms with Gasteiger partial charge in [-0.05, 0) is 43.8 Å². The second-order valence-electron chi connectivity index (χ2n) is 16.4. The number of anilines is 1. The standard InChI is InChI=1S/C51H44N10O6S3/c1-60-50(56-58-59-60)70-30-34-29-68-47-41(46(64)61(47)42(34)48(65)66-43(32-17-7-2-8-18-32)33-19-9-3-10-20-33)54-45(63)40(57-67-39-27-28-52-44(39)62)38-31-69-49(53-38)55-51(35-21-11-4-12-22-35,36-23-13-5-14-24-36)37-25-15-6-16-26-37/h2-26,31,39,41,43,47H,27-30H2,1H3,(H,52,62)(H,53,55)(H,54,63)/b57-40-/t39?,41-,47-/m1/s1. The van der Waals surface area contributed by atoms with E-state index in [9.17, 15) is 19.2 Å². The number of nitrogens with one attached hydrogen (secondary N) is 3. The van der Waals surface area contributed by atoms with Crippen molar-refractivity contribution in [3.8, 4) is 0 Å². The van der Waals surface area contributed by atoms with E-state index in [1.54, 1.807) is 12.4 Å². The van der Waals surface area contributed by atoms with E-state index in [2.05, 4.69) is 36.6 Å². The quantitative estimate of drug-likeness (QED) is 0.0225. The van der Waals surface area contributed by atoms with E-state index in [0.29, 0.717) is 34.6 Å². The van der Waals surface area contributed by atoms with Gasteiger partial charge in [-0.15, -0.1) is 28.2 Å². The second kappa shape index (κ2) is 20.5. The molecule has 2 fully saturated rings. The molecule has 70 heavy (non-hydrogen) atoms. The molecule has 0 aliphatic carbocycles. The maximum Gasteiger partial charge on any atom is 0.356 e. The summed E-state index contributed by atoms with van der Waals surface area (Å²) in [5, 5.41) is 27.4. The number of ether oxygens (including phenoxy) is 1. The highest BCUT2D eigenvalue weighted by Gasteiger charge is 2.55. The zero-order valence-electron chi connectivity index (χ0n) is 37.5. The minimum Gasteiger partial charge on any atom is -0.448 e. The van der Waals surface area contributed by atoms with Crippen molar-refractivity contribution in [3.63, 3.8) is 0 Å². The Hall–Kier alpha value is -7.61. The number of carbonyl (C=O) groups excluding carboxylic acids is 4. The van der Waals surface area contributed by atoms with E-state index in [0.717, 1.165) is 27.8 Å². The third-order valence-electron chi connectivity index (χ3n) is 12.1. The van der Waals surface area contributed by atoms with E-state index < -0.39 is 46.9 Å². The predicted molar refractivity (Wildman–Crippen MR) is 266 cm³/mol. The summed E-state index contributed by atoms with van der Waals surface area (Å²) in [5.74, 6) is -1.72. The minimum absolute atomic E-state index is 0.0946. The number of tetrazole rings is 1. The van der Waals surface area contributed by atoms with E-state index in [4.69, 9.17) is 14.6 Å². The van der Waals surface area contributed by atoms with Gasteiger partial charge in [0.05, 0.1) is 0 Å². The highest BCUT2D eigenvalue weighted by molar-refractivity contribution is 8.01. The smallest absolute Gasteiger partial charge is 0.356 e. The summed E-state index contributed by atoms with van der Waals surface area (Å²) in [4.78, 5) is 68.5. The van der Waals surface area contributed by atoms with Crippen LogP contribution in [0.15, 0.2) is 179 Å². The van der Waals surface area contributed by atoms with E-state index in [-0.39, 0.29) is 28.8 Å². The number of aromatic nitrogens is 5. The van der Waals surface area contributed by atoms with Crippen LogP contribution in [-0.2, 0) is 41.3 Å². The monoisotopic (exact) mass is 988 g/mol. The van der Waals surface area contributed by atoms with Crippen molar-refractivity contribution in [1.82, 2.24) is 40.7 Å². The van der Waals surface area contributed by atoms with Gasteiger partial charge in [0.2, 0.25) is 11.3 Å². The van der Waals surface area contributed by atoms with Crippen LogP contribution >= 0.6 is 34.9 Å². The molecule has 2 saturated heterocycles. The number of hydrogen-bond acceptors (Lipinski definition) is 15. The number of aryl methyl sites for hydroxylation is 1. The number of hydrogen-bond donors (Lipinski definition) is 3. The molecule has 0 saturated carbocycles. The molecule has 0 spiro atoms. The average Bonchev–Trinajstić information content (AvgIpc) is 4.17. The van der Waals surface area contributed by atoms with Crippen LogP contribution in [0.4, 0.5) is 5.13 Å². The third kappa shape index (κ3) is 9.29. The molecule has 5 aromatic carbocycles. The molecule has 3 aliphatic heterocycles. The lowest BCUT2D eigenvalue weighted by Gasteiger charge is -2.49. The number of benzene rings is 5. The van der Waals surface area contributed by atoms with Gasteiger partial charge >= 0.3 is 5.97 Å². The molecule has 2 aromatic heterocycles. The zero-order chi connectivity index (χ0) is 48.0. The highest BCUT2D eigenvalue weighted by Crippen LogP contribution is 2.44. The molecule has 3 atom stereocenters. The lowest BCUT2D eigenvalue weighted by molar-refractivity contribution is -0.154. The number of carbonyl (C=O) groups is 4. The molecule has 3 N–H and O–H groups in total. The number of oxime groups is 1. The molecule has 0 bridgehead atoms. The van der Waals surface area contributed by atoms with Crippen LogP contribution in [0.2, 0.25) is 0 Å². The first-order chi connectivity index (χ1) is 34.3. The number of nitrogens with zero attached hydrogens (tertiary/aromatic N) is 7. The molecule has 1 unspecified atom stereocenters. The maximum atomic E-state index is 14.7. The maximum absolute atomic E-state index is 14.7. The fourth-order valence-electron chi connectivity index (χ4n) is 8.61. The van der Waals surface area contributed by atoms with Crippen LogP contribution in [-0.4, -0.2) is 95.1 Å².